The van der Waals surface area contributed by atoms with Gasteiger partial charge in [0.25, 0.3) is 10.0 Å². The number of sulfonamides is 1. The second-order valence-corrected chi connectivity index (χ2v) is 6.26. The van der Waals surface area contributed by atoms with E-state index < -0.39 is 16.0 Å². The van der Waals surface area contributed by atoms with Gasteiger partial charge in [0.2, 0.25) is 0 Å². The van der Waals surface area contributed by atoms with E-state index >= 15 is 0 Å². The van der Waals surface area contributed by atoms with Gasteiger partial charge in [-0.2, -0.15) is 0 Å². The molecule has 0 saturated carbocycles. The summed E-state index contributed by atoms with van der Waals surface area (Å²) in [5.74, 6) is -1.05. The molecular weight excluding hydrogens is 302 g/mol. The molecule has 0 aliphatic rings. The summed E-state index contributed by atoms with van der Waals surface area (Å²) in [6.07, 6.45) is 1.49. The Morgan fingerprint density at radius 3 is 2.41 bits per heavy atom. The average molecular weight is 317 g/mol. The summed E-state index contributed by atoms with van der Waals surface area (Å²) >= 11 is 0. The number of aryl methyl sites for hydroxylation is 1. The van der Waals surface area contributed by atoms with Crippen molar-refractivity contribution in [1.29, 1.82) is 0 Å². The summed E-state index contributed by atoms with van der Waals surface area (Å²) in [5, 5.41) is 9.97. The number of anilines is 1. The summed E-state index contributed by atoms with van der Waals surface area (Å²) in [7, 11) is -3.67. The molecule has 0 bridgehead atoms. The van der Waals surface area contributed by atoms with Gasteiger partial charge in [-0.3, -0.25) is 4.72 Å². The van der Waals surface area contributed by atoms with Crippen LogP contribution in [0.4, 0.5) is 5.69 Å². The van der Waals surface area contributed by atoms with Crippen LogP contribution in [0.5, 0.6) is 0 Å². The fraction of sp³-hybridized carbons (Fsp3) is 0.0625. The predicted octanol–water partition coefficient (Wildman–Crippen LogP) is 3.11. The monoisotopic (exact) mass is 317 g/mol. The molecule has 0 saturated heterocycles. The number of hydrogen-bond donors (Lipinski definition) is 2. The minimum atomic E-state index is -3.67. The number of aromatic carboxylic acids is 1. The van der Waals surface area contributed by atoms with Gasteiger partial charge >= 0.3 is 5.97 Å². The van der Waals surface area contributed by atoms with Crippen molar-refractivity contribution in [2.75, 3.05) is 4.72 Å². The fourth-order valence-electron chi connectivity index (χ4n) is 1.83. The van der Waals surface area contributed by atoms with Crippen LogP contribution in [0.15, 0.2) is 53.9 Å². The average Bonchev–Trinajstić information content (AvgIpc) is 2.48. The predicted molar refractivity (Wildman–Crippen MR) is 86.2 cm³/mol. The van der Waals surface area contributed by atoms with Crippen molar-refractivity contribution in [1.82, 2.24) is 0 Å². The topological polar surface area (TPSA) is 83.5 Å². The van der Waals surface area contributed by atoms with Crippen LogP contribution in [0.3, 0.4) is 0 Å². The van der Waals surface area contributed by atoms with E-state index in [0.717, 1.165) is 11.0 Å². The number of carboxylic acid groups (broad SMARTS) is 1. The third-order valence-electron chi connectivity index (χ3n) is 2.96. The van der Waals surface area contributed by atoms with Crippen molar-refractivity contribution >= 4 is 27.8 Å². The zero-order valence-electron chi connectivity index (χ0n) is 11.9. The first-order chi connectivity index (χ1) is 10.4. The van der Waals surface area contributed by atoms with Crippen LogP contribution >= 0.6 is 0 Å². The Morgan fingerprint density at radius 1 is 1.14 bits per heavy atom. The van der Waals surface area contributed by atoms with Gasteiger partial charge in [-0.25, -0.2) is 13.2 Å². The molecule has 0 aromatic heterocycles. The quantitative estimate of drug-likeness (QED) is 0.887. The lowest BCUT2D eigenvalue weighted by Crippen LogP contribution is -2.10. The molecule has 0 heterocycles. The summed E-state index contributed by atoms with van der Waals surface area (Å²) in [5.41, 5.74) is 1.77. The van der Waals surface area contributed by atoms with Crippen LogP contribution in [0.1, 0.15) is 21.5 Å². The Morgan fingerprint density at radius 2 is 1.82 bits per heavy atom. The van der Waals surface area contributed by atoms with Gasteiger partial charge in [-0.1, -0.05) is 30.3 Å². The SMILES string of the molecule is Cc1cc(C(=O)O)ccc1NS(=O)(=O)C=Cc1ccccc1. The molecule has 2 aromatic carbocycles. The maximum Gasteiger partial charge on any atom is 0.335 e. The molecule has 0 fully saturated rings. The normalized spacial score (nSPS) is 11.5. The highest BCUT2D eigenvalue weighted by Gasteiger charge is 2.10. The molecule has 0 atom stereocenters. The van der Waals surface area contributed by atoms with Crippen LogP contribution in [0.25, 0.3) is 6.08 Å². The number of hydrogen-bond acceptors (Lipinski definition) is 3. The van der Waals surface area contributed by atoms with Gasteiger partial charge in [0.15, 0.2) is 0 Å². The van der Waals surface area contributed by atoms with Crippen molar-refractivity contribution in [3.05, 3.63) is 70.6 Å². The maximum atomic E-state index is 12.0. The molecule has 2 N–H and O–H groups in total. The summed E-state index contributed by atoms with van der Waals surface area (Å²) in [6.45, 7) is 1.64. The van der Waals surface area contributed by atoms with Gasteiger partial charge in [0.1, 0.15) is 0 Å². The van der Waals surface area contributed by atoms with Gasteiger partial charge in [-0.05, 0) is 42.3 Å². The van der Waals surface area contributed by atoms with Crippen molar-refractivity contribution in [3.8, 4) is 0 Å². The molecular formula is C16H15NO4S. The Bertz CT molecular complexity index is 811. The highest BCUT2D eigenvalue weighted by molar-refractivity contribution is 7.95. The molecule has 0 amide bonds. The third-order valence-corrected chi connectivity index (χ3v) is 3.96. The van der Waals surface area contributed by atoms with Crippen LogP contribution in [-0.2, 0) is 10.0 Å². The minimum absolute atomic E-state index is 0.111. The molecule has 0 spiro atoms. The zero-order chi connectivity index (χ0) is 16.2. The molecule has 5 nitrogen and oxygen atoms in total. The lowest BCUT2D eigenvalue weighted by Gasteiger charge is -2.08. The van der Waals surface area contributed by atoms with Crippen LogP contribution < -0.4 is 4.72 Å². The zero-order valence-corrected chi connectivity index (χ0v) is 12.7. The number of carboxylic acids is 1. The van der Waals surface area contributed by atoms with E-state index in [1.807, 2.05) is 18.2 Å². The number of benzene rings is 2. The van der Waals surface area contributed by atoms with Crippen LogP contribution in [0.2, 0.25) is 0 Å². The van der Waals surface area contributed by atoms with Crippen molar-refractivity contribution in [2.45, 2.75) is 6.92 Å². The highest BCUT2D eigenvalue weighted by atomic mass is 32.2. The Balaban J connectivity index is 2.19. The molecule has 6 heteroatoms. The van der Waals surface area contributed by atoms with Crippen molar-refractivity contribution in [2.24, 2.45) is 0 Å². The molecule has 2 aromatic rings. The van der Waals surface area contributed by atoms with E-state index in [2.05, 4.69) is 4.72 Å². The lowest BCUT2D eigenvalue weighted by molar-refractivity contribution is 0.0697. The summed E-state index contributed by atoms with van der Waals surface area (Å²) in [4.78, 5) is 10.9. The molecule has 0 aliphatic carbocycles. The van der Waals surface area contributed by atoms with E-state index in [-0.39, 0.29) is 5.56 Å². The second-order valence-electron chi connectivity index (χ2n) is 4.70. The lowest BCUT2D eigenvalue weighted by atomic mass is 10.1. The first kappa shape index (κ1) is 15.8. The van der Waals surface area contributed by atoms with Gasteiger partial charge in [-0.15, -0.1) is 0 Å². The third kappa shape index (κ3) is 4.20. The molecule has 22 heavy (non-hydrogen) atoms. The van der Waals surface area contributed by atoms with Crippen LogP contribution in [0, 0.1) is 6.92 Å². The molecule has 114 valence electrons. The maximum absolute atomic E-state index is 12.0. The standard InChI is InChI=1S/C16H15NO4S/c1-12-11-14(16(18)19)7-8-15(12)17-22(20,21)10-9-13-5-3-2-4-6-13/h2-11,17H,1H3,(H,18,19). The van der Waals surface area contributed by atoms with E-state index in [4.69, 9.17) is 5.11 Å². The fourth-order valence-corrected chi connectivity index (χ4v) is 2.77. The van der Waals surface area contributed by atoms with Crippen molar-refractivity contribution in [3.63, 3.8) is 0 Å². The number of rotatable bonds is 5. The molecule has 0 unspecified atom stereocenters. The van der Waals surface area contributed by atoms with E-state index in [9.17, 15) is 13.2 Å². The smallest absolute Gasteiger partial charge is 0.335 e. The van der Waals surface area contributed by atoms with Gasteiger partial charge in [0, 0.05) is 0 Å². The van der Waals surface area contributed by atoms with E-state index in [1.54, 1.807) is 19.1 Å². The van der Waals surface area contributed by atoms with E-state index in [0.29, 0.717) is 11.3 Å². The summed E-state index contributed by atoms with van der Waals surface area (Å²) < 4.78 is 26.5. The van der Waals surface area contributed by atoms with Gasteiger partial charge in [0.05, 0.1) is 16.7 Å². The summed E-state index contributed by atoms with van der Waals surface area (Å²) in [6, 6.07) is 13.3. The Kier molecular flexibility index (Phi) is 4.62. The van der Waals surface area contributed by atoms with E-state index in [1.165, 1.54) is 24.3 Å². The molecule has 0 radical (unpaired) electrons. The highest BCUT2D eigenvalue weighted by Crippen LogP contribution is 2.18. The molecule has 2 rings (SSSR count). The van der Waals surface area contributed by atoms with Crippen LogP contribution in [-0.4, -0.2) is 19.5 Å². The first-order valence-corrected chi connectivity index (χ1v) is 8.02. The molecule has 0 aliphatic heterocycles. The first-order valence-electron chi connectivity index (χ1n) is 6.47. The number of carbonyl (C=O) groups is 1. The minimum Gasteiger partial charge on any atom is -0.478 e. The second kappa shape index (κ2) is 6.44. The van der Waals surface area contributed by atoms with Gasteiger partial charge < -0.3 is 5.11 Å². The number of nitrogens with one attached hydrogen (secondary N) is 1. The van der Waals surface area contributed by atoms with Crippen molar-refractivity contribution < 1.29 is 18.3 Å². The Labute approximate surface area is 129 Å². The Hall–Kier alpha value is -2.60. The largest absolute Gasteiger partial charge is 0.478 e.